The smallest absolute Gasteiger partial charge is 0.462 e. The lowest BCUT2D eigenvalue weighted by Gasteiger charge is -2.21. The van der Waals surface area contributed by atoms with Crippen LogP contribution in [0.5, 0.6) is 0 Å². The number of aliphatic hydroxyl groups excluding tert-OH is 1. The Morgan fingerprint density at radius 1 is 0.319 bits per heavy atom. The molecular weight excluding hydrogens is 1200 g/mol. The van der Waals surface area contributed by atoms with Crippen LogP contribution in [0.4, 0.5) is 0 Å². The summed E-state index contributed by atoms with van der Waals surface area (Å²) in [7, 11) is -9.90. The Balaban J connectivity index is 5.24. The van der Waals surface area contributed by atoms with E-state index in [-0.39, 0.29) is 25.7 Å². The van der Waals surface area contributed by atoms with E-state index in [4.69, 9.17) is 37.0 Å². The van der Waals surface area contributed by atoms with E-state index in [1.807, 2.05) is 0 Å². The second kappa shape index (κ2) is 64.1. The van der Waals surface area contributed by atoms with Gasteiger partial charge >= 0.3 is 39.5 Å². The van der Waals surface area contributed by atoms with Gasteiger partial charge in [-0.25, -0.2) is 9.13 Å². The maximum absolute atomic E-state index is 13.0. The molecule has 6 atom stereocenters. The Labute approximate surface area is 556 Å². The van der Waals surface area contributed by atoms with Crippen molar-refractivity contribution in [2.45, 2.75) is 387 Å². The largest absolute Gasteiger partial charge is 0.472 e. The van der Waals surface area contributed by atoms with Gasteiger partial charge in [-0.2, -0.15) is 0 Å². The average molecular weight is 1340 g/mol. The molecule has 540 valence electrons. The normalized spacial score (nSPS) is 14.4. The molecule has 0 aliphatic carbocycles. The summed E-state index contributed by atoms with van der Waals surface area (Å²) in [6.07, 6.45) is 50.0. The summed E-state index contributed by atoms with van der Waals surface area (Å²) < 4.78 is 68.3. The highest BCUT2D eigenvalue weighted by Crippen LogP contribution is 2.45. The molecule has 0 saturated carbocycles. The molecule has 17 nitrogen and oxygen atoms in total. The van der Waals surface area contributed by atoms with E-state index in [0.29, 0.717) is 31.6 Å². The third-order valence-electron chi connectivity index (χ3n) is 17.1. The van der Waals surface area contributed by atoms with Crippen molar-refractivity contribution in [3.8, 4) is 0 Å². The van der Waals surface area contributed by atoms with Crippen molar-refractivity contribution < 1.29 is 80.2 Å². The highest BCUT2D eigenvalue weighted by atomic mass is 31.2. The van der Waals surface area contributed by atoms with Crippen LogP contribution in [-0.4, -0.2) is 96.7 Å². The number of phosphoric acid groups is 2. The Kier molecular flexibility index (Phi) is 62.7. The fourth-order valence-corrected chi connectivity index (χ4v) is 12.5. The number of carbonyl (C=O) groups is 4. The number of hydrogen-bond acceptors (Lipinski definition) is 15. The Morgan fingerprint density at radius 3 is 0.835 bits per heavy atom. The third-order valence-corrected chi connectivity index (χ3v) is 19.0. The monoisotopic (exact) mass is 1340 g/mol. The first-order valence-electron chi connectivity index (χ1n) is 37.5. The van der Waals surface area contributed by atoms with Crippen molar-refractivity contribution in [1.29, 1.82) is 0 Å². The Bertz CT molecular complexity index is 1770. The van der Waals surface area contributed by atoms with Crippen LogP contribution >= 0.6 is 15.6 Å². The fourth-order valence-electron chi connectivity index (χ4n) is 10.9. The molecule has 0 fully saturated rings. The van der Waals surface area contributed by atoms with E-state index in [0.717, 1.165) is 102 Å². The molecule has 0 bridgehead atoms. The summed E-state index contributed by atoms with van der Waals surface area (Å²) in [5, 5.41) is 10.6. The predicted octanol–water partition coefficient (Wildman–Crippen LogP) is 20.8. The lowest BCUT2D eigenvalue weighted by atomic mass is 9.99. The lowest BCUT2D eigenvalue weighted by Crippen LogP contribution is -2.30. The highest BCUT2D eigenvalue weighted by Gasteiger charge is 2.30. The van der Waals surface area contributed by atoms with Gasteiger partial charge in [0.2, 0.25) is 0 Å². The van der Waals surface area contributed by atoms with Crippen LogP contribution in [0, 0.1) is 11.8 Å². The van der Waals surface area contributed by atoms with Gasteiger partial charge in [0, 0.05) is 25.7 Å². The van der Waals surface area contributed by atoms with Crippen molar-refractivity contribution in [1.82, 2.24) is 0 Å². The second-order valence-corrected chi connectivity index (χ2v) is 29.6. The number of aliphatic hydroxyl groups is 1. The predicted molar refractivity (Wildman–Crippen MR) is 368 cm³/mol. The van der Waals surface area contributed by atoms with E-state index in [1.54, 1.807) is 0 Å². The van der Waals surface area contributed by atoms with Crippen LogP contribution in [0.1, 0.15) is 369 Å². The molecule has 0 rings (SSSR count). The number of unbranched alkanes of at least 4 members (excludes halogenated alkanes) is 40. The summed E-state index contributed by atoms with van der Waals surface area (Å²) in [6, 6.07) is 0. The average Bonchev–Trinajstić information content (AvgIpc) is 3.38. The molecule has 0 radical (unpaired) electrons. The zero-order valence-corrected chi connectivity index (χ0v) is 60.9. The minimum atomic E-state index is -4.95. The first kappa shape index (κ1) is 89.1. The summed E-state index contributed by atoms with van der Waals surface area (Å²) in [5.41, 5.74) is 0. The molecule has 0 aromatic heterocycles. The SMILES string of the molecule is CCCCCCCCCCCCCCCCCCC(=O)O[C@H](COC(=O)CCCCCCCCCCCCCCCC)COP(=O)(O)OC[C@@H](O)COP(=O)(O)OC[C@@H](COC(=O)CCCCCCCCC(C)C)OC(=O)CCCCCCCCCCC(C)CC. The molecular formula is C72H140O17P2. The molecule has 0 spiro atoms. The number of hydrogen-bond donors (Lipinski definition) is 3. The molecule has 0 saturated heterocycles. The molecule has 3 N–H and O–H groups in total. The van der Waals surface area contributed by atoms with E-state index in [1.165, 1.54) is 180 Å². The molecule has 0 heterocycles. The van der Waals surface area contributed by atoms with Gasteiger partial charge in [-0.15, -0.1) is 0 Å². The zero-order valence-electron chi connectivity index (χ0n) is 59.1. The van der Waals surface area contributed by atoms with Gasteiger partial charge in [-0.1, -0.05) is 318 Å². The van der Waals surface area contributed by atoms with Gasteiger partial charge in [0.25, 0.3) is 0 Å². The second-order valence-electron chi connectivity index (χ2n) is 26.7. The summed E-state index contributed by atoms with van der Waals surface area (Å²) in [6.45, 7) is 9.48. The quantitative estimate of drug-likeness (QED) is 0.0222. The first-order chi connectivity index (χ1) is 43.9. The van der Waals surface area contributed by atoms with E-state index < -0.39 is 97.5 Å². The standard InChI is InChI=1S/C72H140O17P2/c1-7-10-12-14-16-18-20-22-24-25-27-29-31-36-44-50-56-71(76)88-67(60-82-69(74)54-48-42-35-30-28-26-23-21-19-17-15-13-11-8-2)62-86-90(78,79)84-58-66(73)59-85-91(80,81)87-63-68(61-83-70(75)55-49-43-39-38-40-46-52-64(4)5)89-72(77)57-51-45-37-33-32-34-41-47-53-65(6)9-3/h64-68,73H,7-63H2,1-6H3,(H,78,79)(H,80,81)/t65?,66-,67-,68-/m1/s1. The van der Waals surface area contributed by atoms with Gasteiger partial charge in [-0.05, 0) is 37.5 Å². The molecule has 0 aliphatic rings. The topological polar surface area (TPSA) is 237 Å². The number of esters is 4. The first-order valence-corrected chi connectivity index (χ1v) is 40.5. The van der Waals surface area contributed by atoms with Gasteiger partial charge < -0.3 is 33.8 Å². The number of phosphoric ester groups is 2. The molecule has 0 amide bonds. The molecule has 0 aromatic rings. The van der Waals surface area contributed by atoms with Crippen molar-refractivity contribution in [3.05, 3.63) is 0 Å². The highest BCUT2D eigenvalue weighted by molar-refractivity contribution is 7.47. The van der Waals surface area contributed by atoms with Crippen LogP contribution in [0.25, 0.3) is 0 Å². The van der Waals surface area contributed by atoms with Gasteiger partial charge in [0.1, 0.15) is 19.3 Å². The maximum Gasteiger partial charge on any atom is 0.472 e. The molecule has 3 unspecified atom stereocenters. The number of ether oxygens (including phenoxy) is 4. The minimum Gasteiger partial charge on any atom is -0.462 e. The van der Waals surface area contributed by atoms with E-state index >= 15 is 0 Å². The van der Waals surface area contributed by atoms with Crippen LogP contribution in [0.15, 0.2) is 0 Å². The molecule has 0 aromatic carbocycles. The number of rotatable bonds is 71. The molecule has 0 aliphatic heterocycles. The minimum absolute atomic E-state index is 0.104. The summed E-state index contributed by atoms with van der Waals surface area (Å²) in [5.74, 6) is -0.674. The van der Waals surface area contributed by atoms with Crippen molar-refractivity contribution in [2.75, 3.05) is 39.6 Å². The van der Waals surface area contributed by atoms with Crippen LogP contribution < -0.4 is 0 Å². The van der Waals surface area contributed by atoms with Gasteiger partial charge in [-0.3, -0.25) is 37.3 Å². The molecule has 19 heteroatoms. The number of carbonyl (C=O) groups excluding carboxylic acids is 4. The lowest BCUT2D eigenvalue weighted by molar-refractivity contribution is -0.161. The van der Waals surface area contributed by atoms with Gasteiger partial charge in [0.05, 0.1) is 26.4 Å². The van der Waals surface area contributed by atoms with Crippen LogP contribution in [-0.2, 0) is 65.4 Å². The summed E-state index contributed by atoms with van der Waals surface area (Å²) >= 11 is 0. The zero-order chi connectivity index (χ0) is 67.2. The Hall–Kier alpha value is -1.94. The third kappa shape index (κ3) is 65.1. The van der Waals surface area contributed by atoms with Crippen LogP contribution in [0.3, 0.4) is 0 Å². The Morgan fingerprint density at radius 2 is 0.560 bits per heavy atom. The summed E-state index contributed by atoms with van der Waals surface area (Å²) in [4.78, 5) is 72.6. The van der Waals surface area contributed by atoms with Crippen molar-refractivity contribution in [2.24, 2.45) is 11.8 Å². The van der Waals surface area contributed by atoms with Crippen molar-refractivity contribution in [3.63, 3.8) is 0 Å². The van der Waals surface area contributed by atoms with Crippen LogP contribution in [0.2, 0.25) is 0 Å². The van der Waals surface area contributed by atoms with E-state index in [9.17, 15) is 43.2 Å². The molecule has 91 heavy (non-hydrogen) atoms. The van der Waals surface area contributed by atoms with Gasteiger partial charge in [0.15, 0.2) is 12.2 Å². The fraction of sp³-hybridized carbons (Fsp3) is 0.944. The van der Waals surface area contributed by atoms with E-state index in [2.05, 4.69) is 41.5 Å². The van der Waals surface area contributed by atoms with Crippen molar-refractivity contribution >= 4 is 39.5 Å². The maximum atomic E-state index is 13.0.